The Morgan fingerprint density at radius 2 is 2.11 bits per heavy atom. The first-order valence-electron chi connectivity index (χ1n) is 9.48. The fourth-order valence-electron chi connectivity index (χ4n) is 3.55. The minimum Gasteiger partial charge on any atom is -0.497 e. The molecule has 1 fully saturated rings. The van der Waals surface area contributed by atoms with Crippen molar-refractivity contribution in [2.24, 2.45) is 5.92 Å². The zero-order valence-corrected chi connectivity index (χ0v) is 17.8. The van der Waals surface area contributed by atoms with E-state index < -0.39 is 0 Å². The molecule has 1 aliphatic rings. The lowest BCUT2D eigenvalue weighted by atomic mass is 9.90. The molecule has 1 N–H and O–H groups in total. The molecule has 2 heterocycles. The zero-order chi connectivity index (χ0) is 19.1. The first kappa shape index (κ1) is 22.7. The summed E-state index contributed by atoms with van der Waals surface area (Å²) >= 11 is 1.61. The Balaban J connectivity index is 0.00000280. The molecular formula is C21H28ClFN2O2S. The summed E-state index contributed by atoms with van der Waals surface area (Å²) in [6.07, 6.45) is 3.33. The fourth-order valence-corrected chi connectivity index (χ4v) is 4.25. The summed E-state index contributed by atoms with van der Waals surface area (Å²) in [6.45, 7) is 3.55. The molecule has 1 aromatic carbocycles. The quantitative estimate of drug-likeness (QED) is 0.695. The van der Waals surface area contributed by atoms with Gasteiger partial charge in [-0.25, -0.2) is 4.39 Å². The van der Waals surface area contributed by atoms with Crippen LogP contribution in [0.15, 0.2) is 35.7 Å². The van der Waals surface area contributed by atoms with E-state index in [1.807, 2.05) is 23.6 Å². The van der Waals surface area contributed by atoms with E-state index in [0.29, 0.717) is 24.6 Å². The van der Waals surface area contributed by atoms with Gasteiger partial charge in [-0.3, -0.25) is 4.79 Å². The van der Waals surface area contributed by atoms with E-state index in [-0.39, 0.29) is 24.1 Å². The van der Waals surface area contributed by atoms with Crippen LogP contribution in [0, 0.1) is 11.7 Å². The molecular weight excluding hydrogens is 399 g/mol. The smallest absolute Gasteiger partial charge is 0.225 e. The Bertz CT molecular complexity index is 734. The number of nitrogens with zero attached hydrogens (tertiary/aromatic N) is 1. The lowest BCUT2D eigenvalue weighted by Gasteiger charge is -2.32. The summed E-state index contributed by atoms with van der Waals surface area (Å²) in [5, 5.41) is 4.99. The number of methoxy groups -OCH3 is 1. The van der Waals surface area contributed by atoms with Crippen molar-refractivity contribution < 1.29 is 13.9 Å². The molecule has 2 aromatic rings. The van der Waals surface area contributed by atoms with E-state index in [1.54, 1.807) is 24.5 Å². The topological polar surface area (TPSA) is 41.6 Å². The van der Waals surface area contributed by atoms with Gasteiger partial charge in [0.05, 0.1) is 13.5 Å². The van der Waals surface area contributed by atoms with Gasteiger partial charge in [0.2, 0.25) is 5.91 Å². The van der Waals surface area contributed by atoms with E-state index in [0.717, 1.165) is 49.3 Å². The van der Waals surface area contributed by atoms with Crippen molar-refractivity contribution in [3.05, 3.63) is 52.0 Å². The highest BCUT2D eigenvalue weighted by Crippen LogP contribution is 2.25. The first-order valence-corrected chi connectivity index (χ1v) is 10.4. The number of hydrogen-bond acceptors (Lipinski definition) is 4. The van der Waals surface area contributed by atoms with Gasteiger partial charge in [-0.05, 0) is 73.5 Å². The molecule has 1 aliphatic heterocycles. The third-order valence-corrected chi connectivity index (χ3v) is 6.01. The molecule has 0 atom stereocenters. The maximum absolute atomic E-state index is 14.0. The van der Waals surface area contributed by atoms with Gasteiger partial charge in [0, 0.05) is 18.0 Å². The molecule has 154 valence electrons. The summed E-state index contributed by atoms with van der Waals surface area (Å²) in [6, 6.07) is 8.91. The van der Waals surface area contributed by atoms with Crippen LogP contribution in [0.25, 0.3) is 0 Å². The van der Waals surface area contributed by atoms with Crippen molar-refractivity contribution in [3.8, 4) is 5.75 Å². The van der Waals surface area contributed by atoms with Gasteiger partial charge in [-0.15, -0.1) is 23.7 Å². The van der Waals surface area contributed by atoms with Crippen LogP contribution in [0.2, 0.25) is 0 Å². The van der Waals surface area contributed by atoms with Crippen LogP contribution in [-0.4, -0.2) is 44.1 Å². The van der Waals surface area contributed by atoms with Crippen molar-refractivity contribution >= 4 is 29.7 Å². The molecule has 7 heteroatoms. The molecule has 0 spiro atoms. The van der Waals surface area contributed by atoms with E-state index >= 15 is 0 Å². The van der Waals surface area contributed by atoms with Gasteiger partial charge >= 0.3 is 0 Å². The van der Waals surface area contributed by atoms with Crippen molar-refractivity contribution in [3.63, 3.8) is 0 Å². The van der Waals surface area contributed by atoms with Gasteiger partial charge in [0.15, 0.2) is 0 Å². The number of nitrogens with one attached hydrogen (secondary N) is 1. The Labute approximate surface area is 176 Å². The number of benzene rings is 1. The van der Waals surface area contributed by atoms with Crippen molar-refractivity contribution in [2.75, 3.05) is 33.3 Å². The van der Waals surface area contributed by atoms with Crippen molar-refractivity contribution in [1.82, 2.24) is 10.2 Å². The SMILES string of the molecule is COc1ccc(F)c(CC2CCN(CCNC(=O)Cc3cccs3)CC2)c1.Cl. The molecule has 28 heavy (non-hydrogen) atoms. The monoisotopic (exact) mass is 426 g/mol. The fraction of sp³-hybridized carbons (Fsp3) is 0.476. The average molecular weight is 427 g/mol. The van der Waals surface area contributed by atoms with Crippen LogP contribution in [0.4, 0.5) is 4.39 Å². The number of amides is 1. The third kappa shape index (κ3) is 6.76. The summed E-state index contributed by atoms with van der Waals surface area (Å²) in [7, 11) is 1.61. The molecule has 0 unspecified atom stereocenters. The van der Waals surface area contributed by atoms with E-state index in [4.69, 9.17) is 4.74 Å². The second kappa shape index (κ2) is 11.4. The molecule has 4 nitrogen and oxygen atoms in total. The Kier molecular flexibility index (Phi) is 9.22. The van der Waals surface area contributed by atoms with Gasteiger partial charge < -0.3 is 15.0 Å². The zero-order valence-electron chi connectivity index (χ0n) is 16.2. The number of rotatable bonds is 8. The van der Waals surface area contributed by atoms with Gasteiger partial charge in [0.25, 0.3) is 0 Å². The normalized spacial score (nSPS) is 15.1. The lowest BCUT2D eigenvalue weighted by molar-refractivity contribution is -0.120. The molecule has 1 saturated heterocycles. The highest BCUT2D eigenvalue weighted by molar-refractivity contribution is 7.10. The van der Waals surface area contributed by atoms with E-state index in [2.05, 4.69) is 10.2 Å². The maximum Gasteiger partial charge on any atom is 0.225 e. The standard InChI is InChI=1S/C21H27FN2O2S.ClH/c1-26-18-4-5-20(22)17(14-18)13-16-6-9-24(10-7-16)11-8-23-21(25)15-19-3-2-12-27-19;/h2-5,12,14,16H,6-11,13,15H2,1H3,(H,23,25);1H. The molecule has 1 aromatic heterocycles. The van der Waals surface area contributed by atoms with Crippen LogP contribution < -0.4 is 10.1 Å². The highest BCUT2D eigenvalue weighted by atomic mass is 35.5. The summed E-state index contributed by atoms with van der Waals surface area (Å²) in [5.74, 6) is 1.14. The van der Waals surface area contributed by atoms with Gasteiger partial charge in [0.1, 0.15) is 11.6 Å². The third-order valence-electron chi connectivity index (χ3n) is 5.13. The molecule has 3 rings (SSSR count). The van der Waals surface area contributed by atoms with Crippen LogP contribution in [-0.2, 0) is 17.6 Å². The molecule has 1 amide bonds. The minimum absolute atomic E-state index is 0. The predicted octanol–water partition coefficient (Wildman–Crippen LogP) is 3.93. The number of halogens is 2. The Morgan fingerprint density at radius 1 is 1.32 bits per heavy atom. The number of carbonyl (C=O) groups excluding carboxylic acids is 1. The van der Waals surface area contributed by atoms with Crippen LogP contribution in [0.1, 0.15) is 23.3 Å². The Morgan fingerprint density at radius 3 is 2.79 bits per heavy atom. The van der Waals surface area contributed by atoms with Gasteiger partial charge in [-0.1, -0.05) is 6.07 Å². The summed E-state index contributed by atoms with van der Waals surface area (Å²) in [5.41, 5.74) is 0.744. The average Bonchev–Trinajstić information content (AvgIpc) is 3.18. The van der Waals surface area contributed by atoms with Gasteiger partial charge in [-0.2, -0.15) is 0 Å². The number of carbonyl (C=O) groups is 1. The maximum atomic E-state index is 14.0. The van der Waals surface area contributed by atoms with E-state index in [9.17, 15) is 9.18 Å². The Hall–Kier alpha value is -1.63. The second-order valence-corrected chi connectivity index (χ2v) is 8.08. The molecule has 0 radical (unpaired) electrons. The lowest BCUT2D eigenvalue weighted by Crippen LogP contribution is -2.40. The van der Waals surface area contributed by atoms with Crippen LogP contribution in [0.5, 0.6) is 5.75 Å². The number of hydrogen-bond donors (Lipinski definition) is 1. The van der Waals surface area contributed by atoms with E-state index in [1.165, 1.54) is 6.07 Å². The van der Waals surface area contributed by atoms with Crippen LogP contribution in [0.3, 0.4) is 0 Å². The van der Waals surface area contributed by atoms with Crippen LogP contribution >= 0.6 is 23.7 Å². The van der Waals surface area contributed by atoms with Crippen molar-refractivity contribution in [1.29, 1.82) is 0 Å². The number of thiophene rings is 1. The summed E-state index contributed by atoms with van der Waals surface area (Å²) in [4.78, 5) is 15.4. The largest absolute Gasteiger partial charge is 0.497 e. The number of likely N-dealkylation sites (tertiary alicyclic amines) is 1. The minimum atomic E-state index is -0.147. The summed E-state index contributed by atoms with van der Waals surface area (Å²) < 4.78 is 19.2. The molecule has 0 saturated carbocycles. The number of ether oxygens (including phenoxy) is 1. The first-order chi connectivity index (χ1) is 13.1. The number of piperidine rings is 1. The second-order valence-electron chi connectivity index (χ2n) is 7.05. The molecule has 0 aliphatic carbocycles. The predicted molar refractivity (Wildman–Crippen MR) is 114 cm³/mol. The van der Waals surface area contributed by atoms with Crippen molar-refractivity contribution in [2.45, 2.75) is 25.7 Å². The highest BCUT2D eigenvalue weighted by Gasteiger charge is 2.20. The molecule has 0 bridgehead atoms.